The molecule has 2 nitrogen and oxygen atoms in total. The number of hydrogen-bond donors (Lipinski definition) is 1. The topological polar surface area (TPSA) is 44.0 Å². The summed E-state index contributed by atoms with van der Waals surface area (Å²) in [6, 6.07) is 1.93. The fraction of sp³-hybridized carbons (Fsp3) is 0.800. The first-order valence-corrected chi connectivity index (χ1v) is 2.31. The molecule has 0 fully saturated rings. The summed E-state index contributed by atoms with van der Waals surface area (Å²) in [6.45, 7) is 3.75. The van der Waals surface area contributed by atoms with E-state index in [4.69, 9.17) is 10.4 Å². The van der Waals surface area contributed by atoms with Crippen molar-refractivity contribution in [3.8, 4) is 6.07 Å². The Morgan fingerprint density at radius 3 is 1.71 bits per heavy atom. The number of nitrogens with zero attached hydrogens (tertiary/aromatic N) is 1. The molecule has 0 aliphatic rings. The highest BCUT2D eigenvalue weighted by atomic mass is 16.2. The van der Waals surface area contributed by atoms with Crippen LogP contribution in [0.2, 0.25) is 0 Å². The second-order valence-electron chi connectivity index (χ2n) is 0.828. The average Bonchev–Trinajstić information content (AvgIpc) is 1.69. The zero-order chi connectivity index (χ0) is 6.12. The highest BCUT2D eigenvalue weighted by Gasteiger charge is 1.49. The minimum absolute atomic E-state index is 0.250. The lowest BCUT2D eigenvalue weighted by Crippen LogP contribution is -1.57. The van der Waals surface area contributed by atoms with Crippen LogP contribution in [0.3, 0.4) is 0 Å². The van der Waals surface area contributed by atoms with E-state index in [1.54, 1.807) is 6.92 Å². The van der Waals surface area contributed by atoms with Gasteiger partial charge in [-0.25, -0.2) is 0 Å². The first-order chi connectivity index (χ1) is 3.33. The van der Waals surface area contributed by atoms with Crippen molar-refractivity contribution < 1.29 is 5.11 Å². The van der Waals surface area contributed by atoms with Crippen LogP contribution in [-0.4, -0.2) is 11.7 Å². The van der Waals surface area contributed by atoms with E-state index in [1.165, 1.54) is 0 Å². The average molecular weight is 101 g/mol. The molecule has 0 bridgehead atoms. The van der Waals surface area contributed by atoms with Crippen molar-refractivity contribution >= 4 is 0 Å². The van der Waals surface area contributed by atoms with Gasteiger partial charge in [-0.3, -0.25) is 0 Å². The predicted octanol–water partition coefficient (Wildman–Crippen LogP) is 0.919. The third-order valence-corrected chi connectivity index (χ3v) is 0.158. The van der Waals surface area contributed by atoms with E-state index < -0.39 is 0 Å². The van der Waals surface area contributed by atoms with Crippen molar-refractivity contribution in [2.24, 2.45) is 0 Å². The maximum atomic E-state index is 7.62. The Hall–Kier alpha value is -0.550. The summed E-state index contributed by atoms with van der Waals surface area (Å²) in [5.74, 6) is 0. The molecule has 0 radical (unpaired) electrons. The first-order valence-electron chi connectivity index (χ1n) is 2.31. The Labute approximate surface area is 44.4 Å². The molecule has 0 saturated heterocycles. The third-order valence-electron chi connectivity index (χ3n) is 0.158. The van der Waals surface area contributed by atoms with Gasteiger partial charge in [0, 0.05) is 13.0 Å². The molecule has 1 N–H and O–H groups in total. The van der Waals surface area contributed by atoms with E-state index in [0.717, 1.165) is 0 Å². The van der Waals surface area contributed by atoms with Crippen molar-refractivity contribution in [1.82, 2.24) is 0 Å². The van der Waals surface area contributed by atoms with Crippen LogP contribution >= 0.6 is 0 Å². The molecule has 42 valence electrons. The first kappa shape index (κ1) is 9.67. The van der Waals surface area contributed by atoms with Crippen molar-refractivity contribution in [2.45, 2.75) is 20.3 Å². The van der Waals surface area contributed by atoms with Gasteiger partial charge in [-0.05, 0) is 6.92 Å². The smallest absolute Gasteiger partial charge is 0.0618 e. The van der Waals surface area contributed by atoms with Crippen LogP contribution in [0.15, 0.2) is 0 Å². The highest BCUT2D eigenvalue weighted by molar-refractivity contribution is 4.61. The zero-order valence-corrected chi connectivity index (χ0v) is 4.81. The lowest BCUT2D eigenvalue weighted by Gasteiger charge is -1.52. The molecule has 0 spiro atoms. The number of aliphatic hydroxyl groups excluding tert-OH is 1. The minimum Gasteiger partial charge on any atom is -0.397 e. The Balaban J connectivity index is 0. The second kappa shape index (κ2) is 18.0. The summed E-state index contributed by atoms with van der Waals surface area (Å²) in [6.07, 6.45) is 0.625. The van der Waals surface area contributed by atoms with Gasteiger partial charge in [0.05, 0.1) is 6.07 Å². The molecular weight excluding hydrogens is 90.1 g/mol. The van der Waals surface area contributed by atoms with Crippen molar-refractivity contribution in [3.05, 3.63) is 0 Å². The quantitative estimate of drug-likeness (QED) is 0.493. The van der Waals surface area contributed by atoms with Gasteiger partial charge < -0.3 is 5.11 Å². The SMILES string of the molecule is CCC#N.CCO. The summed E-state index contributed by atoms with van der Waals surface area (Å²) in [5.41, 5.74) is 0. The second-order valence-corrected chi connectivity index (χ2v) is 0.828. The monoisotopic (exact) mass is 101 g/mol. The molecule has 0 aromatic heterocycles. The van der Waals surface area contributed by atoms with Gasteiger partial charge in [0.2, 0.25) is 0 Å². The van der Waals surface area contributed by atoms with E-state index >= 15 is 0 Å². The molecule has 0 aromatic rings. The van der Waals surface area contributed by atoms with E-state index in [0.29, 0.717) is 6.42 Å². The van der Waals surface area contributed by atoms with Gasteiger partial charge in [0.25, 0.3) is 0 Å². The van der Waals surface area contributed by atoms with Gasteiger partial charge in [-0.15, -0.1) is 0 Å². The van der Waals surface area contributed by atoms with Crippen LogP contribution in [0.1, 0.15) is 20.3 Å². The van der Waals surface area contributed by atoms with Crippen LogP contribution in [0, 0.1) is 11.3 Å². The molecule has 0 rings (SSSR count). The van der Waals surface area contributed by atoms with Gasteiger partial charge in [-0.2, -0.15) is 5.26 Å². The molecule has 0 heterocycles. The Morgan fingerprint density at radius 2 is 1.71 bits per heavy atom. The van der Waals surface area contributed by atoms with Gasteiger partial charge in [0.1, 0.15) is 0 Å². The van der Waals surface area contributed by atoms with Crippen LogP contribution < -0.4 is 0 Å². The zero-order valence-electron chi connectivity index (χ0n) is 4.81. The lowest BCUT2D eigenvalue weighted by atomic mass is 10.6. The molecule has 0 unspecified atom stereocenters. The van der Waals surface area contributed by atoms with Crippen molar-refractivity contribution in [3.63, 3.8) is 0 Å². The minimum atomic E-state index is 0.250. The van der Waals surface area contributed by atoms with Crippen LogP contribution in [0.5, 0.6) is 0 Å². The Kier molecular flexibility index (Phi) is 24.8. The van der Waals surface area contributed by atoms with E-state index in [2.05, 4.69) is 0 Å². The number of nitriles is 1. The fourth-order valence-corrected chi connectivity index (χ4v) is 0. The molecule has 0 aromatic carbocycles. The van der Waals surface area contributed by atoms with Gasteiger partial charge >= 0.3 is 0 Å². The molecular formula is C5H11NO. The molecule has 0 aliphatic carbocycles. The van der Waals surface area contributed by atoms with Crippen LogP contribution in [0.25, 0.3) is 0 Å². The Morgan fingerprint density at radius 1 is 1.57 bits per heavy atom. The number of aliphatic hydroxyl groups is 1. The standard InChI is InChI=1S/C3H5N.C2H6O/c1-2-3-4;1-2-3/h2H2,1H3;3H,2H2,1H3. The number of rotatable bonds is 0. The van der Waals surface area contributed by atoms with E-state index in [-0.39, 0.29) is 6.61 Å². The molecule has 0 aliphatic heterocycles. The predicted molar refractivity (Wildman–Crippen MR) is 28.7 cm³/mol. The van der Waals surface area contributed by atoms with Gasteiger partial charge in [0.15, 0.2) is 0 Å². The van der Waals surface area contributed by atoms with Crippen LogP contribution in [0.4, 0.5) is 0 Å². The summed E-state index contributed by atoms with van der Waals surface area (Å²) in [4.78, 5) is 0. The number of hydrogen-bond acceptors (Lipinski definition) is 2. The maximum absolute atomic E-state index is 7.62. The molecule has 0 saturated carbocycles. The summed E-state index contributed by atoms with van der Waals surface area (Å²) >= 11 is 0. The molecule has 2 heteroatoms. The highest BCUT2D eigenvalue weighted by Crippen LogP contribution is 1.58. The van der Waals surface area contributed by atoms with E-state index in [1.807, 2.05) is 13.0 Å². The Bertz CT molecular complexity index is 46.5. The molecule has 0 atom stereocenters. The third kappa shape index (κ3) is 320. The van der Waals surface area contributed by atoms with Gasteiger partial charge in [-0.1, -0.05) is 6.92 Å². The maximum Gasteiger partial charge on any atom is 0.0618 e. The summed E-state index contributed by atoms with van der Waals surface area (Å²) in [5, 5.41) is 15.2. The van der Waals surface area contributed by atoms with Crippen LogP contribution in [-0.2, 0) is 0 Å². The fourth-order valence-electron chi connectivity index (χ4n) is 0. The van der Waals surface area contributed by atoms with E-state index in [9.17, 15) is 0 Å². The van der Waals surface area contributed by atoms with Crippen molar-refractivity contribution in [2.75, 3.05) is 6.61 Å². The lowest BCUT2D eigenvalue weighted by molar-refractivity contribution is 0.318. The normalized spacial score (nSPS) is 5.43. The summed E-state index contributed by atoms with van der Waals surface area (Å²) < 4.78 is 0. The van der Waals surface area contributed by atoms with Crippen molar-refractivity contribution in [1.29, 1.82) is 5.26 Å². The molecule has 0 amide bonds. The molecule has 7 heavy (non-hydrogen) atoms. The summed E-state index contributed by atoms with van der Waals surface area (Å²) in [7, 11) is 0. The largest absolute Gasteiger partial charge is 0.397 e.